The Morgan fingerprint density at radius 2 is 1.70 bits per heavy atom. The van der Waals surface area contributed by atoms with Gasteiger partial charge in [-0.2, -0.15) is 13.2 Å². The third-order valence-corrected chi connectivity index (χ3v) is 3.21. The van der Waals surface area contributed by atoms with Crippen molar-refractivity contribution in [3.05, 3.63) is 35.4 Å². The number of carbonyl (C=O) groups is 1. The highest BCUT2D eigenvalue weighted by atomic mass is 19.4. The molecule has 0 bridgehead atoms. The molecule has 112 valence electrons. The number of rotatable bonds is 4. The van der Waals surface area contributed by atoms with Crippen molar-refractivity contribution < 1.29 is 18.0 Å². The number of alkyl halides is 3. The number of carbonyl (C=O) groups excluding carboxylic acids is 1. The molecule has 1 amide bonds. The molecule has 0 radical (unpaired) electrons. The molecule has 3 nitrogen and oxygen atoms in total. The smallest absolute Gasteiger partial charge is 0.340 e. The van der Waals surface area contributed by atoms with Gasteiger partial charge in [0, 0.05) is 13.6 Å². The van der Waals surface area contributed by atoms with Crippen LogP contribution in [0.3, 0.4) is 0 Å². The maximum atomic E-state index is 12.4. The molecule has 20 heavy (non-hydrogen) atoms. The summed E-state index contributed by atoms with van der Waals surface area (Å²) in [6.07, 6.45) is -4.34. The van der Waals surface area contributed by atoms with Crippen LogP contribution in [0.5, 0.6) is 0 Å². The van der Waals surface area contributed by atoms with Gasteiger partial charge in [0.25, 0.3) is 0 Å². The first-order valence-electron chi connectivity index (χ1n) is 6.18. The fourth-order valence-corrected chi connectivity index (χ4v) is 1.73. The highest BCUT2D eigenvalue weighted by molar-refractivity contribution is 5.85. The van der Waals surface area contributed by atoms with Gasteiger partial charge in [-0.25, -0.2) is 0 Å². The van der Waals surface area contributed by atoms with Crippen LogP contribution < -0.4 is 5.32 Å². The van der Waals surface area contributed by atoms with Gasteiger partial charge in [-0.15, -0.1) is 0 Å². The van der Waals surface area contributed by atoms with Gasteiger partial charge in [-0.05, 0) is 38.6 Å². The third kappa shape index (κ3) is 3.96. The molecule has 0 aliphatic heterocycles. The van der Waals surface area contributed by atoms with Gasteiger partial charge in [0.2, 0.25) is 5.91 Å². The Balaban J connectivity index is 2.77. The Labute approximate surface area is 116 Å². The topological polar surface area (TPSA) is 32.3 Å². The minimum atomic E-state index is -4.34. The zero-order valence-electron chi connectivity index (χ0n) is 12.0. The van der Waals surface area contributed by atoms with Crippen LogP contribution in [0.2, 0.25) is 0 Å². The number of halogens is 3. The largest absolute Gasteiger partial charge is 0.416 e. The van der Waals surface area contributed by atoms with E-state index >= 15 is 0 Å². The van der Waals surface area contributed by atoms with Crippen LogP contribution in [-0.2, 0) is 17.5 Å². The molecule has 0 atom stereocenters. The normalized spacial score (nSPS) is 12.3. The summed E-state index contributed by atoms with van der Waals surface area (Å²) in [7, 11) is 3.31. The Morgan fingerprint density at radius 1 is 1.20 bits per heavy atom. The second-order valence-electron chi connectivity index (χ2n) is 5.23. The number of nitrogens with zero attached hydrogens (tertiary/aromatic N) is 1. The van der Waals surface area contributed by atoms with Crippen molar-refractivity contribution >= 4 is 5.91 Å². The first kappa shape index (κ1) is 16.5. The van der Waals surface area contributed by atoms with Gasteiger partial charge in [0.15, 0.2) is 0 Å². The van der Waals surface area contributed by atoms with Crippen LogP contribution in [0.15, 0.2) is 24.3 Å². The van der Waals surface area contributed by atoms with E-state index in [2.05, 4.69) is 5.32 Å². The van der Waals surface area contributed by atoms with E-state index in [1.54, 1.807) is 27.9 Å². The fourth-order valence-electron chi connectivity index (χ4n) is 1.73. The first-order valence-corrected chi connectivity index (χ1v) is 6.18. The molecule has 1 N–H and O–H groups in total. The van der Waals surface area contributed by atoms with Crippen LogP contribution in [-0.4, -0.2) is 30.4 Å². The molecule has 1 aromatic carbocycles. The highest BCUT2D eigenvalue weighted by Crippen LogP contribution is 2.29. The van der Waals surface area contributed by atoms with Crippen LogP contribution in [0.25, 0.3) is 0 Å². The summed E-state index contributed by atoms with van der Waals surface area (Å²) in [5, 5.41) is 2.90. The van der Waals surface area contributed by atoms with E-state index in [9.17, 15) is 18.0 Å². The minimum Gasteiger partial charge on any atom is -0.340 e. The van der Waals surface area contributed by atoms with Crippen LogP contribution in [0.4, 0.5) is 13.2 Å². The number of hydrogen-bond donors (Lipinski definition) is 1. The Morgan fingerprint density at radius 3 is 2.10 bits per heavy atom. The first-order chi connectivity index (χ1) is 9.08. The quantitative estimate of drug-likeness (QED) is 0.924. The molecule has 0 aliphatic carbocycles. The molecule has 0 aromatic heterocycles. The lowest BCUT2D eigenvalue weighted by atomic mass is 10.0. The van der Waals surface area contributed by atoms with Crippen LogP contribution in [0, 0.1) is 0 Å². The molecule has 0 aliphatic rings. The van der Waals surface area contributed by atoms with Gasteiger partial charge in [0.05, 0.1) is 11.1 Å². The lowest BCUT2D eigenvalue weighted by molar-refractivity contribution is -0.138. The maximum Gasteiger partial charge on any atom is 0.416 e. The number of hydrogen-bond acceptors (Lipinski definition) is 2. The fraction of sp³-hybridized carbons (Fsp3) is 0.500. The second-order valence-corrected chi connectivity index (χ2v) is 5.23. The average Bonchev–Trinajstić information content (AvgIpc) is 2.37. The van der Waals surface area contributed by atoms with Crippen molar-refractivity contribution in [3.8, 4) is 0 Å². The van der Waals surface area contributed by atoms with E-state index in [1.807, 2.05) is 0 Å². The van der Waals surface area contributed by atoms with Gasteiger partial charge in [0.1, 0.15) is 0 Å². The standard InChI is InChI=1S/C14H19F3N2O/c1-13(2,18-3)12(20)19(4)9-10-5-7-11(8-6-10)14(15,16)17/h5-8,18H,9H2,1-4H3. The van der Waals surface area contributed by atoms with Crippen molar-refractivity contribution in [3.63, 3.8) is 0 Å². The third-order valence-electron chi connectivity index (χ3n) is 3.21. The number of benzene rings is 1. The molecule has 0 saturated carbocycles. The van der Waals surface area contributed by atoms with E-state index < -0.39 is 17.3 Å². The van der Waals surface area contributed by atoms with Gasteiger partial charge in [-0.3, -0.25) is 4.79 Å². The van der Waals surface area contributed by atoms with Crippen molar-refractivity contribution in [2.24, 2.45) is 0 Å². The molecule has 6 heteroatoms. The summed E-state index contributed by atoms with van der Waals surface area (Å²) in [4.78, 5) is 13.6. The molecule has 0 saturated heterocycles. The Bertz CT molecular complexity index is 466. The van der Waals surface area contributed by atoms with Crippen molar-refractivity contribution in [2.45, 2.75) is 32.1 Å². The summed E-state index contributed by atoms with van der Waals surface area (Å²) in [5.41, 5.74) is -0.743. The van der Waals surface area contributed by atoms with Crippen molar-refractivity contribution in [2.75, 3.05) is 14.1 Å². The monoisotopic (exact) mass is 288 g/mol. The predicted octanol–water partition coefficient (Wildman–Crippen LogP) is 2.66. The highest BCUT2D eigenvalue weighted by Gasteiger charge is 2.30. The Kier molecular flexibility index (Phi) is 4.81. The number of amides is 1. The zero-order valence-corrected chi connectivity index (χ0v) is 12.0. The maximum absolute atomic E-state index is 12.4. The Hall–Kier alpha value is -1.56. The predicted molar refractivity (Wildman–Crippen MR) is 71.1 cm³/mol. The molecule has 0 spiro atoms. The summed E-state index contributed by atoms with van der Waals surface area (Å²) < 4.78 is 37.3. The van der Waals surface area contributed by atoms with Crippen molar-refractivity contribution in [1.29, 1.82) is 0 Å². The minimum absolute atomic E-state index is 0.125. The van der Waals surface area contributed by atoms with Crippen LogP contribution >= 0.6 is 0 Å². The molecule has 1 rings (SSSR count). The molecule has 1 aromatic rings. The van der Waals surface area contributed by atoms with Gasteiger partial charge in [-0.1, -0.05) is 12.1 Å². The molecular weight excluding hydrogens is 269 g/mol. The van der Waals surface area contributed by atoms with Gasteiger partial charge >= 0.3 is 6.18 Å². The molecule has 0 fully saturated rings. The lowest BCUT2D eigenvalue weighted by Crippen LogP contribution is -2.51. The van der Waals surface area contributed by atoms with E-state index in [-0.39, 0.29) is 12.5 Å². The van der Waals surface area contributed by atoms with E-state index in [4.69, 9.17) is 0 Å². The number of nitrogens with one attached hydrogen (secondary N) is 1. The number of likely N-dealkylation sites (N-methyl/N-ethyl adjacent to an activating group) is 2. The molecule has 0 heterocycles. The van der Waals surface area contributed by atoms with E-state index in [1.165, 1.54) is 17.0 Å². The SMILES string of the molecule is CNC(C)(C)C(=O)N(C)Cc1ccc(C(F)(F)F)cc1. The summed E-state index contributed by atoms with van der Waals surface area (Å²) in [5.74, 6) is -0.125. The van der Waals surface area contributed by atoms with E-state index in [0.29, 0.717) is 5.56 Å². The summed E-state index contributed by atoms with van der Waals surface area (Å²) in [6, 6.07) is 4.83. The molecule has 0 unspecified atom stereocenters. The van der Waals surface area contributed by atoms with Crippen LogP contribution in [0.1, 0.15) is 25.0 Å². The zero-order chi connectivity index (χ0) is 15.6. The molecular formula is C14H19F3N2O. The summed E-state index contributed by atoms with van der Waals surface area (Å²) in [6.45, 7) is 3.76. The average molecular weight is 288 g/mol. The summed E-state index contributed by atoms with van der Waals surface area (Å²) >= 11 is 0. The second kappa shape index (κ2) is 5.83. The lowest BCUT2D eigenvalue weighted by Gasteiger charge is -2.29. The van der Waals surface area contributed by atoms with E-state index in [0.717, 1.165) is 12.1 Å². The van der Waals surface area contributed by atoms with Crippen molar-refractivity contribution in [1.82, 2.24) is 10.2 Å². The van der Waals surface area contributed by atoms with Gasteiger partial charge < -0.3 is 10.2 Å².